The molecule has 1 aliphatic carbocycles. The van der Waals surface area contributed by atoms with Gasteiger partial charge in [-0.2, -0.15) is 0 Å². The molecule has 1 N–H and O–H groups in total. The van der Waals surface area contributed by atoms with E-state index in [1.807, 2.05) is 0 Å². The molecule has 0 bridgehead atoms. The Morgan fingerprint density at radius 3 is 2.47 bits per heavy atom. The molecule has 0 saturated heterocycles. The summed E-state index contributed by atoms with van der Waals surface area (Å²) in [6.45, 7) is 3.47. The second-order valence-corrected chi connectivity index (χ2v) is 5.84. The van der Waals surface area contributed by atoms with Crippen molar-refractivity contribution in [3.8, 4) is 0 Å². The van der Waals surface area contributed by atoms with Gasteiger partial charge in [-0.3, -0.25) is 0 Å². The first-order chi connectivity index (χ1) is 8.38. The molecule has 0 amide bonds. The van der Waals surface area contributed by atoms with Gasteiger partial charge in [0.2, 0.25) is 0 Å². The Bertz CT molecular complexity index is 172. The molecule has 0 aromatic heterocycles. The highest BCUT2D eigenvalue weighted by molar-refractivity contribution is 6.18. The highest BCUT2D eigenvalue weighted by Gasteiger charge is 2.23. The molecule has 1 rings (SSSR count). The van der Waals surface area contributed by atoms with E-state index in [1.165, 1.54) is 70.8 Å². The highest BCUT2D eigenvalue weighted by Crippen LogP contribution is 2.25. The Labute approximate surface area is 113 Å². The number of unbranched alkanes of at least 4 members (excludes halogenated alkanes) is 5. The fourth-order valence-electron chi connectivity index (χ4n) is 2.85. The van der Waals surface area contributed by atoms with Gasteiger partial charge in [0.25, 0.3) is 0 Å². The molecule has 0 aromatic carbocycles. The van der Waals surface area contributed by atoms with Gasteiger partial charge in [-0.15, -0.1) is 11.6 Å². The van der Waals surface area contributed by atoms with Gasteiger partial charge >= 0.3 is 0 Å². The van der Waals surface area contributed by atoms with Gasteiger partial charge in [-0.1, -0.05) is 51.9 Å². The minimum Gasteiger partial charge on any atom is -0.314 e. The second kappa shape index (κ2) is 10.2. The van der Waals surface area contributed by atoms with Crippen molar-refractivity contribution < 1.29 is 0 Å². The Kier molecular flexibility index (Phi) is 9.18. The van der Waals surface area contributed by atoms with Gasteiger partial charge in [0, 0.05) is 11.9 Å². The third-order valence-electron chi connectivity index (χ3n) is 4.04. The molecule has 1 aliphatic rings. The predicted molar refractivity (Wildman–Crippen MR) is 77.8 cm³/mol. The van der Waals surface area contributed by atoms with Crippen LogP contribution in [0.2, 0.25) is 0 Å². The number of halogens is 1. The standard InChI is InChI=1S/C15H30ClN/c1-2-3-4-5-6-9-12-17-15-11-8-7-10-14(15)13-16/h14-15,17H,2-13H2,1H3. The van der Waals surface area contributed by atoms with Crippen molar-refractivity contribution in [2.45, 2.75) is 77.2 Å². The molecule has 2 atom stereocenters. The lowest BCUT2D eigenvalue weighted by Crippen LogP contribution is -2.39. The predicted octanol–water partition coefficient (Wildman–Crippen LogP) is 4.73. The summed E-state index contributed by atoms with van der Waals surface area (Å²) in [4.78, 5) is 0. The molecule has 1 saturated carbocycles. The van der Waals surface area contributed by atoms with Crippen LogP contribution in [-0.2, 0) is 0 Å². The molecule has 1 nitrogen and oxygen atoms in total. The Morgan fingerprint density at radius 2 is 1.71 bits per heavy atom. The van der Waals surface area contributed by atoms with E-state index in [4.69, 9.17) is 11.6 Å². The number of hydrogen-bond donors (Lipinski definition) is 1. The van der Waals surface area contributed by atoms with Crippen molar-refractivity contribution in [3.05, 3.63) is 0 Å². The van der Waals surface area contributed by atoms with Crippen LogP contribution in [0.25, 0.3) is 0 Å². The van der Waals surface area contributed by atoms with Crippen LogP contribution in [0.4, 0.5) is 0 Å². The summed E-state index contributed by atoms with van der Waals surface area (Å²) in [7, 11) is 0. The SMILES string of the molecule is CCCCCCCCNC1CCCCC1CCl. The average Bonchev–Trinajstić information content (AvgIpc) is 2.38. The summed E-state index contributed by atoms with van der Waals surface area (Å²) >= 11 is 6.03. The number of rotatable bonds is 9. The maximum Gasteiger partial charge on any atom is 0.0266 e. The number of nitrogens with one attached hydrogen (secondary N) is 1. The molecule has 2 unspecified atom stereocenters. The minimum atomic E-state index is 0.705. The van der Waals surface area contributed by atoms with Gasteiger partial charge in [-0.25, -0.2) is 0 Å². The molecule has 1 fully saturated rings. The topological polar surface area (TPSA) is 12.0 Å². The quantitative estimate of drug-likeness (QED) is 0.466. The molecular weight excluding hydrogens is 230 g/mol. The number of hydrogen-bond acceptors (Lipinski definition) is 1. The van der Waals surface area contributed by atoms with Gasteiger partial charge < -0.3 is 5.32 Å². The lowest BCUT2D eigenvalue weighted by Gasteiger charge is -2.31. The molecule has 0 aromatic rings. The van der Waals surface area contributed by atoms with Gasteiger partial charge in [0.15, 0.2) is 0 Å². The van der Waals surface area contributed by atoms with Crippen molar-refractivity contribution in [1.82, 2.24) is 5.32 Å². The van der Waals surface area contributed by atoms with Crippen molar-refractivity contribution in [1.29, 1.82) is 0 Å². The van der Waals surface area contributed by atoms with Crippen LogP contribution in [-0.4, -0.2) is 18.5 Å². The third kappa shape index (κ3) is 6.67. The Hall–Kier alpha value is 0.250. The Balaban J connectivity index is 1.97. The van der Waals surface area contributed by atoms with Crippen LogP contribution >= 0.6 is 11.6 Å². The van der Waals surface area contributed by atoms with Crippen LogP contribution in [0.15, 0.2) is 0 Å². The fraction of sp³-hybridized carbons (Fsp3) is 1.00. The van der Waals surface area contributed by atoms with Crippen molar-refractivity contribution in [3.63, 3.8) is 0 Å². The van der Waals surface area contributed by atoms with Crippen molar-refractivity contribution in [2.75, 3.05) is 12.4 Å². The first-order valence-electron chi connectivity index (χ1n) is 7.67. The average molecular weight is 260 g/mol. The normalized spacial score (nSPS) is 25.1. The minimum absolute atomic E-state index is 0.705. The second-order valence-electron chi connectivity index (χ2n) is 5.53. The zero-order valence-electron chi connectivity index (χ0n) is 11.5. The van der Waals surface area contributed by atoms with Crippen molar-refractivity contribution >= 4 is 11.6 Å². The summed E-state index contributed by atoms with van der Waals surface area (Å²) in [5, 5.41) is 3.73. The maximum atomic E-state index is 6.03. The Morgan fingerprint density at radius 1 is 1.00 bits per heavy atom. The van der Waals surface area contributed by atoms with Gasteiger partial charge in [0.1, 0.15) is 0 Å². The maximum absolute atomic E-state index is 6.03. The third-order valence-corrected chi connectivity index (χ3v) is 4.44. The molecule has 0 heterocycles. The molecular formula is C15H30ClN. The van der Waals surface area contributed by atoms with Crippen molar-refractivity contribution in [2.24, 2.45) is 5.92 Å². The molecule has 2 heteroatoms. The molecule has 17 heavy (non-hydrogen) atoms. The summed E-state index contributed by atoms with van der Waals surface area (Å²) in [5.74, 6) is 1.57. The van der Waals surface area contributed by atoms with Gasteiger partial charge in [-0.05, 0) is 31.7 Å². The summed E-state index contributed by atoms with van der Waals surface area (Å²) < 4.78 is 0. The van der Waals surface area contributed by atoms with Crippen LogP contribution in [0.3, 0.4) is 0 Å². The zero-order valence-corrected chi connectivity index (χ0v) is 12.3. The van der Waals surface area contributed by atoms with E-state index < -0.39 is 0 Å². The number of alkyl halides is 1. The van der Waals surface area contributed by atoms with Crippen LogP contribution in [0.5, 0.6) is 0 Å². The van der Waals surface area contributed by atoms with E-state index in [0.29, 0.717) is 6.04 Å². The summed E-state index contributed by atoms with van der Waals surface area (Å²) in [6.07, 6.45) is 13.8. The largest absolute Gasteiger partial charge is 0.314 e. The zero-order chi connectivity index (χ0) is 12.3. The molecule has 102 valence electrons. The van der Waals surface area contributed by atoms with E-state index in [-0.39, 0.29) is 0 Å². The van der Waals surface area contributed by atoms with E-state index in [2.05, 4.69) is 12.2 Å². The molecule has 0 spiro atoms. The monoisotopic (exact) mass is 259 g/mol. The van der Waals surface area contributed by atoms with E-state index >= 15 is 0 Å². The van der Waals surface area contributed by atoms with E-state index in [9.17, 15) is 0 Å². The lowest BCUT2D eigenvalue weighted by molar-refractivity contribution is 0.282. The highest BCUT2D eigenvalue weighted by atomic mass is 35.5. The molecule has 0 aliphatic heterocycles. The lowest BCUT2D eigenvalue weighted by atomic mass is 9.86. The summed E-state index contributed by atoms with van der Waals surface area (Å²) in [5.41, 5.74) is 0. The smallest absolute Gasteiger partial charge is 0.0266 e. The first kappa shape index (κ1) is 15.3. The van der Waals surface area contributed by atoms with Gasteiger partial charge in [0.05, 0.1) is 0 Å². The fourth-order valence-corrected chi connectivity index (χ4v) is 3.22. The van der Waals surface area contributed by atoms with Crippen LogP contribution in [0.1, 0.15) is 71.1 Å². The van der Waals surface area contributed by atoms with E-state index in [1.54, 1.807) is 0 Å². The molecule has 0 radical (unpaired) electrons. The van der Waals surface area contributed by atoms with Crippen LogP contribution in [0, 0.1) is 5.92 Å². The van der Waals surface area contributed by atoms with Crippen LogP contribution < -0.4 is 5.32 Å². The summed E-state index contributed by atoms with van der Waals surface area (Å²) in [6, 6.07) is 0.705. The van der Waals surface area contributed by atoms with E-state index in [0.717, 1.165) is 11.8 Å². The first-order valence-corrected chi connectivity index (χ1v) is 8.21.